The molecule has 0 amide bonds. The lowest BCUT2D eigenvalue weighted by Gasteiger charge is -2.04. The third-order valence-electron chi connectivity index (χ3n) is 2.00. The summed E-state index contributed by atoms with van der Waals surface area (Å²) in [5.74, 6) is 0.0729. The first-order valence-corrected chi connectivity index (χ1v) is 4.36. The van der Waals surface area contributed by atoms with Crippen LogP contribution in [0, 0.1) is 22.7 Å². The van der Waals surface area contributed by atoms with Gasteiger partial charge in [-0.15, -0.1) is 5.10 Å². The van der Waals surface area contributed by atoms with Crippen molar-refractivity contribution in [3.63, 3.8) is 0 Å². The van der Waals surface area contributed by atoms with Gasteiger partial charge in [0.05, 0.1) is 23.0 Å². The molecule has 76 valence electrons. The first-order chi connectivity index (χ1) is 7.74. The molecule has 2 rings (SSSR count). The van der Waals surface area contributed by atoms with E-state index in [0.717, 1.165) is 0 Å². The minimum atomic E-state index is 0.0729. The molecule has 1 aromatic heterocycles. The standard InChI is InChI=1S/C10H6N6/c11-4-7-1-2-9(8(13)3-7)16-6-14-10(5-12)15-16/h1-3,6H,13H2. The van der Waals surface area contributed by atoms with Crippen LogP contribution in [0.2, 0.25) is 0 Å². The fraction of sp³-hybridized carbons (Fsp3) is 0. The zero-order valence-corrected chi connectivity index (χ0v) is 8.12. The molecular formula is C10H6N6. The van der Waals surface area contributed by atoms with E-state index in [2.05, 4.69) is 10.1 Å². The van der Waals surface area contributed by atoms with Gasteiger partial charge in [-0.3, -0.25) is 0 Å². The van der Waals surface area contributed by atoms with Gasteiger partial charge in [-0.25, -0.2) is 9.67 Å². The van der Waals surface area contributed by atoms with E-state index in [0.29, 0.717) is 16.9 Å². The Kier molecular flexibility index (Phi) is 2.25. The number of rotatable bonds is 1. The lowest BCUT2D eigenvalue weighted by molar-refractivity contribution is 0.875. The van der Waals surface area contributed by atoms with Crippen LogP contribution in [0.4, 0.5) is 5.69 Å². The van der Waals surface area contributed by atoms with Gasteiger partial charge in [0.1, 0.15) is 12.4 Å². The van der Waals surface area contributed by atoms with E-state index < -0.39 is 0 Å². The Morgan fingerprint density at radius 1 is 1.25 bits per heavy atom. The van der Waals surface area contributed by atoms with Crippen LogP contribution < -0.4 is 5.73 Å². The predicted octanol–water partition coefficient (Wildman–Crippen LogP) is 0.593. The molecule has 0 aliphatic carbocycles. The number of hydrogen-bond donors (Lipinski definition) is 1. The lowest BCUT2D eigenvalue weighted by Crippen LogP contribution is -2.00. The van der Waals surface area contributed by atoms with Gasteiger partial charge in [0.15, 0.2) is 0 Å². The number of nitrogens with zero attached hydrogens (tertiary/aromatic N) is 5. The van der Waals surface area contributed by atoms with Gasteiger partial charge in [-0.05, 0) is 18.2 Å². The zero-order chi connectivity index (χ0) is 11.5. The van der Waals surface area contributed by atoms with E-state index in [1.807, 2.05) is 12.1 Å². The highest BCUT2D eigenvalue weighted by molar-refractivity contribution is 5.60. The lowest BCUT2D eigenvalue weighted by atomic mass is 10.2. The fourth-order valence-corrected chi connectivity index (χ4v) is 1.26. The SMILES string of the molecule is N#Cc1ccc(-n2cnc(C#N)n2)c(N)c1. The zero-order valence-electron chi connectivity index (χ0n) is 8.12. The Morgan fingerprint density at radius 3 is 2.62 bits per heavy atom. The van der Waals surface area contributed by atoms with Crippen molar-refractivity contribution in [2.75, 3.05) is 5.73 Å². The summed E-state index contributed by atoms with van der Waals surface area (Å²) >= 11 is 0. The van der Waals surface area contributed by atoms with E-state index in [-0.39, 0.29) is 5.82 Å². The molecule has 0 radical (unpaired) electrons. The van der Waals surface area contributed by atoms with Crippen LogP contribution in [0.25, 0.3) is 5.69 Å². The highest BCUT2D eigenvalue weighted by Gasteiger charge is 2.05. The van der Waals surface area contributed by atoms with E-state index >= 15 is 0 Å². The molecule has 1 aromatic carbocycles. The molecule has 6 nitrogen and oxygen atoms in total. The van der Waals surface area contributed by atoms with Gasteiger partial charge in [-0.2, -0.15) is 10.5 Å². The molecule has 6 heteroatoms. The summed E-state index contributed by atoms with van der Waals surface area (Å²) in [6, 6.07) is 8.63. The van der Waals surface area contributed by atoms with Crippen molar-refractivity contribution in [2.24, 2.45) is 0 Å². The van der Waals surface area contributed by atoms with Crippen molar-refractivity contribution in [1.82, 2.24) is 14.8 Å². The monoisotopic (exact) mass is 210 g/mol. The minimum Gasteiger partial charge on any atom is -0.397 e. The first-order valence-electron chi connectivity index (χ1n) is 4.36. The normalized spacial score (nSPS) is 9.38. The third-order valence-corrected chi connectivity index (χ3v) is 2.00. The smallest absolute Gasteiger partial charge is 0.252 e. The van der Waals surface area contributed by atoms with Gasteiger partial charge in [0.25, 0.3) is 5.82 Å². The van der Waals surface area contributed by atoms with Gasteiger partial charge < -0.3 is 5.73 Å². The fourth-order valence-electron chi connectivity index (χ4n) is 1.26. The van der Waals surface area contributed by atoms with Crippen molar-refractivity contribution >= 4 is 5.69 Å². The highest BCUT2D eigenvalue weighted by atomic mass is 15.3. The average molecular weight is 210 g/mol. The Hall–Kier alpha value is -2.86. The average Bonchev–Trinajstić information content (AvgIpc) is 2.77. The van der Waals surface area contributed by atoms with Crippen LogP contribution in [0.1, 0.15) is 11.4 Å². The van der Waals surface area contributed by atoms with Crippen LogP contribution in [-0.2, 0) is 0 Å². The summed E-state index contributed by atoms with van der Waals surface area (Å²) in [7, 11) is 0. The Morgan fingerprint density at radius 2 is 2.06 bits per heavy atom. The molecule has 0 saturated carbocycles. The van der Waals surface area contributed by atoms with Crippen LogP contribution >= 0.6 is 0 Å². The number of aromatic nitrogens is 3. The van der Waals surface area contributed by atoms with Gasteiger partial charge in [0, 0.05) is 0 Å². The predicted molar refractivity (Wildman–Crippen MR) is 55.2 cm³/mol. The van der Waals surface area contributed by atoms with Crippen LogP contribution in [0.5, 0.6) is 0 Å². The Balaban J connectivity index is 2.50. The van der Waals surface area contributed by atoms with E-state index in [1.54, 1.807) is 18.2 Å². The van der Waals surface area contributed by atoms with E-state index in [1.165, 1.54) is 11.0 Å². The van der Waals surface area contributed by atoms with Crippen LogP contribution in [-0.4, -0.2) is 14.8 Å². The van der Waals surface area contributed by atoms with E-state index in [4.69, 9.17) is 16.3 Å². The van der Waals surface area contributed by atoms with Crippen molar-refractivity contribution in [3.05, 3.63) is 35.9 Å². The molecule has 1 heterocycles. The summed E-state index contributed by atoms with van der Waals surface area (Å²) in [6.07, 6.45) is 1.40. The molecular weight excluding hydrogens is 204 g/mol. The van der Waals surface area contributed by atoms with Gasteiger partial charge in [-0.1, -0.05) is 0 Å². The molecule has 0 unspecified atom stereocenters. The van der Waals surface area contributed by atoms with Crippen molar-refractivity contribution in [1.29, 1.82) is 10.5 Å². The molecule has 0 spiro atoms. The molecule has 0 saturated heterocycles. The number of anilines is 1. The van der Waals surface area contributed by atoms with Crippen molar-refractivity contribution in [3.8, 4) is 17.8 Å². The summed E-state index contributed by atoms with van der Waals surface area (Å²) in [6.45, 7) is 0. The number of hydrogen-bond acceptors (Lipinski definition) is 5. The minimum absolute atomic E-state index is 0.0729. The Bertz CT molecular complexity index is 613. The molecule has 2 aromatic rings. The van der Waals surface area contributed by atoms with Crippen LogP contribution in [0.15, 0.2) is 24.5 Å². The number of benzene rings is 1. The summed E-state index contributed by atoms with van der Waals surface area (Å²) in [4.78, 5) is 3.76. The van der Waals surface area contributed by atoms with E-state index in [9.17, 15) is 0 Å². The van der Waals surface area contributed by atoms with Gasteiger partial charge >= 0.3 is 0 Å². The maximum atomic E-state index is 8.68. The third kappa shape index (κ3) is 1.56. The summed E-state index contributed by atoms with van der Waals surface area (Å²) in [5, 5.41) is 21.2. The molecule has 16 heavy (non-hydrogen) atoms. The van der Waals surface area contributed by atoms with Crippen molar-refractivity contribution < 1.29 is 0 Å². The maximum absolute atomic E-state index is 8.68. The maximum Gasteiger partial charge on any atom is 0.252 e. The second-order valence-corrected chi connectivity index (χ2v) is 3.01. The summed E-state index contributed by atoms with van der Waals surface area (Å²) < 4.78 is 1.40. The topological polar surface area (TPSA) is 104 Å². The molecule has 0 bridgehead atoms. The number of nitriles is 2. The molecule has 0 aliphatic heterocycles. The second-order valence-electron chi connectivity index (χ2n) is 3.01. The number of nitrogens with two attached hydrogens (primary N) is 1. The molecule has 2 N–H and O–H groups in total. The molecule has 0 atom stereocenters. The number of nitrogen functional groups attached to an aromatic ring is 1. The molecule has 0 fully saturated rings. The van der Waals surface area contributed by atoms with Crippen molar-refractivity contribution in [2.45, 2.75) is 0 Å². The first kappa shape index (κ1) is 9.69. The second kappa shape index (κ2) is 3.71. The van der Waals surface area contributed by atoms with Gasteiger partial charge in [0.2, 0.25) is 0 Å². The van der Waals surface area contributed by atoms with Crippen LogP contribution in [0.3, 0.4) is 0 Å². The molecule has 0 aliphatic rings. The Labute approximate surface area is 91.2 Å². The summed E-state index contributed by atoms with van der Waals surface area (Å²) in [5.41, 5.74) is 7.23. The largest absolute Gasteiger partial charge is 0.397 e. The quantitative estimate of drug-likeness (QED) is 0.693. The highest BCUT2D eigenvalue weighted by Crippen LogP contribution is 2.17.